The fourth-order valence-corrected chi connectivity index (χ4v) is 12.3. The average Bonchev–Trinajstić information content (AvgIpc) is 3.83. The van der Waals surface area contributed by atoms with Gasteiger partial charge < -0.3 is 0 Å². The predicted molar refractivity (Wildman–Crippen MR) is 318 cm³/mol. The molecule has 4 nitrogen and oxygen atoms in total. The zero-order chi connectivity index (χ0) is 50.9. The molecular formula is C73H46N4. The Balaban J connectivity index is 0.932. The first-order chi connectivity index (χ1) is 38.2. The fourth-order valence-electron chi connectivity index (χ4n) is 12.3. The van der Waals surface area contributed by atoms with Crippen molar-refractivity contribution in [1.82, 2.24) is 19.9 Å². The van der Waals surface area contributed by atoms with Crippen molar-refractivity contribution >= 4 is 43.4 Å². The highest BCUT2D eigenvalue weighted by molar-refractivity contribution is 6.09. The molecule has 77 heavy (non-hydrogen) atoms. The van der Waals surface area contributed by atoms with Gasteiger partial charge >= 0.3 is 0 Å². The molecule has 0 saturated heterocycles. The molecule has 0 aliphatic heterocycles. The van der Waals surface area contributed by atoms with Crippen LogP contribution in [0, 0.1) is 0 Å². The summed E-state index contributed by atoms with van der Waals surface area (Å²) in [5.74, 6) is 1.36. The van der Waals surface area contributed by atoms with Crippen LogP contribution >= 0.6 is 0 Å². The summed E-state index contributed by atoms with van der Waals surface area (Å²) in [6, 6.07) is 100. The highest BCUT2D eigenvalue weighted by atomic mass is 14.9. The van der Waals surface area contributed by atoms with Gasteiger partial charge in [-0.2, -0.15) is 0 Å². The van der Waals surface area contributed by atoms with E-state index in [4.69, 9.17) is 19.9 Å². The molecule has 0 saturated carbocycles. The minimum atomic E-state index is -0.725. The van der Waals surface area contributed by atoms with E-state index in [0.717, 1.165) is 71.6 Å². The maximum Gasteiger partial charge on any atom is 0.161 e. The predicted octanol–water partition coefficient (Wildman–Crippen LogP) is 18.2. The second-order valence-electron chi connectivity index (χ2n) is 20.0. The Kier molecular flexibility index (Phi) is 10.4. The van der Waals surface area contributed by atoms with Crippen LogP contribution < -0.4 is 0 Å². The summed E-state index contributed by atoms with van der Waals surface area (Å²) < 4.78 is 0. The molecule has 14 aromatic rings. The van der Waals surface area contributed by atoms with Crippen molar-refractivity contribution in [2.75, 3.05) is 0 Å². The number of rotatable bonds is 8. The summed E-state index contributed by atoms with van der Waals surface area (Å²) in [6.07, 6.45) is 0. The smallest absolute Gasteiger partial charge is 0.161 e. The molecule has 0 fully saturated rings. The summed E-state index contributed by atoms with van der Waals surface area (Å²) in [4.78, 5) is 21.9. The fraction of sp³-hybridized carbons (Fsp3) is 0.0137. The van der Waals surface area contributed by atoms with Gasteiger partial charge in [0.1, 0.15) is 0 Å². The minimum Gasteiger partial charge on any atom is -0.228 e. The lowest BCUT2D eigenvalue weighted by atomic mass is 9.67. The first-order valence-corrected chi connectivity index (χ1v) is 26.3. The topological polar surface area (TPSA) is 51.6 Å². The molecule has 12 aromatic carbocycles. The Morgan fingerprint density at radius 3 is 1.13 bits per heavy atom. The van der Waals surface area contributed by atoms with Crippen LogP contribution in [0.5, 0.6) is 0 Å². The van der Waals surface area contributed by atoms with Gasteiger partial charge in [-0.05, 0) is 108 Å². The number of fused-ring (bicyclic) bond motifs is 7. The molecule has 4 heteroatoms. The van der Waals surface area contributed by atoms with Gasteiger partial charge in [-0.1, -0.05) is 249 Å². The number of hydrogen-bond donors (Lipinski definition) is 0. The molecule has 0 spiro atoms. The lowest BCUT2D eigenvalue weighted by Gasteiger charge is -2.34. The molecule has 0 radical (unpaired) electrons. The summed E-state index contributed by atoms with van der Waals surface area (Å²) in [5.41, 5.74) is 18.7. The van der Waals surface area contributed by atoms with Crippen molar-refractivity contribution in [3.05, 3.63) is 301 Å². The Labute approximate surface area is 446 Å². The average molecular weight is 979 g/mol. The molecular weight excluding hydrogens is 933 g/mol. The Morgan fingerprint density at radius 2 is 0.584 bits per heavy atom. The minimum absolute atomic E-state index is 0.675. The summed E-state index contributed by atoms with van der Waals surface area (Å²) in [6.45, 7) is 0. The molecule has 0 atom stereocenters. The first kappa shape index (κ1) is 44.3. The van der Waals surface area contributed by atoms with Crippen molar-refractivity contribution in [2.45, 2.75) is 5.41 Å². The van der Waals surface area contributed by atoms with E-state index in [2.05, 4.69) is 279 Å². The third-order valence-corrected chi connectivity index (χ3v) is 15.8. The van der Waals surface area contributed by atoms with Gasteiger partial charge in [0.15, 0.2) is 11.6 Å². The van der Waals surface area contributed by atoms with Crippen LogP contribution in [0.1, 0.15) is 22.3 Å². The van der Waals surface area contributed by atoms with Crippen LogP contribution in [0.15, 0.2) is 279 Å². The number of nitrogens with zero attached hydrogens (tertiary/aromatic N) is 4. The van der Waals surface area contributed by atoms with Crippen LogP contribution in [0.25, 0.3) is 122 Å². The van der Waals surface area contributed by atoms with Crippen LogP contribution in [-0.4, -0.2) is 19.9 Å². The largest absolute Gasteiger partial charge is 0.228 e. The third-order valence-electron chi connectivity index (χ3n) is 15.8. The van der Waals surface area contributed by atoms with E-state index < -0.39 is 5.41 Å². The first-order valence-electron chi connectivity index (χ1n) is 26.3. The number of hydrogen-bond acceptors (Lipinski definition) is 4. The Morgan fingerprint density at radius 1 is 0.221 bits per heavy atom. The quantitative estimate of drug-likeness (QED) is 0.152. The lowest BCUT2D eigenvalue weighted by molar-refractivity contribution is 0.769. The number of aromatic nitrogens is 4. The van der Waals surface area contributed by atoms with E-state index in [1.165, 1.54) is 61.0 Å². The van der Waals surface area contributed by atoms with E-state index in [1.54, 1.807) is 0 Å². The highest BCUT2D eigenvalue weighted by Crippen LogP contribution is 2.57. The molecule has 358 valence electrons. The van der Waals surface area contributed by atoms with Crippen molar-refractivity contribution < 1.29 is 0 Å². The number of benzene rings is 12. The van der Waals surface area contributed by atoms with Gasteiger partial charge in [0.05, 0.1) is 27.8 Å². The van der Waals surface area contributed by atoms with E-state index >= 15 is 0 Å². The second kappa shape index (κ2) is 18.0. The van der Waals surface area contributed by atoms with Gasteiger partial charge in [0.25, 0.3) is 0 Å². The van der Waals surface area contributed by atoms with Gasteiger partial charge in [-0.3, -0.25) is 0 Å². The van der Waals surface area contributed by atoms with Gasteiger partial charge in [0, 0.05) is 33.0 Å². The molecule has 1 aliphatic rings. The molecule has 0 unspecified atom stereocenters. The monoisotopic (exact) mass is 978 g/mol. The molecule has 0 bridgehead atoms. The van der Waals surface area contributed by atoms with Crippen molar-refractivity contribution in [3.8, 4) is 78.7 Å². The van der Waals surface area contributed by atoms with E-state index in [0.29, 0.717) is 11.6 Å². The van der Waals surface area contributed by atoms with E-state index in [9.17, 15) is 0 Å². The normalized spacial score (nSPS) is 12.5. The van der Waals surface area contributed by atoms with Crippen LogP contribution in [0.4, 0.5) is 0 Å². The van der Waals surface area contributed by atoms with Crippen molar-refractivity contribution in [3.63, 3.8) is 0 Å². The Bertz CT molecular complexity index is 4570. The van der Waals surface area contributed by atoms with E-state index in [-0.39, 0.29) is 0 Å². The Hall–Kier alpha value is -10.2. The summed E-state index contributed by atoms with van der Waals surface area (Å²) >= 11 is 0. The van der Waals surface area contributed by atoms with Crippen LogP contribution in [-0.2, 0) is 5.41 Å². The highest BCUT2D eigenvalue weighted by Gasteiger charge is 2.46. The molecule has 0 N–H and O–H groups in total. The van der Waals surface area contributed by atoms with Crippen molar-refractivity contribution in [1.29, 1.82) is 0 Å². The maximum absolute atomic E-state index is 5.59. The molecule has 1 aliphatic carbocycles. The number of para-hydroxylation sites is 2. The molecule has 15 rings (SSSR count). The van der Waals surface area contributed by atoms with Gasteiger partial charge in [-0.25, -0.2) is 19.9 Å². The van der Waals surface area contributed by atoms with Crippen molar-refractivity contribution in [2.24, 2.45) is 0 Å². The molecule has 2 aromatic heterocycles. The van der Waals surface area contributed by atoms with Crippen LogP contribution in [0.3, 0.4) is 0 Å². The van der Waals surface area contributed by atoms with Gasteiger partial charge in [0.2, 0.25) is 0 Å². The summed E-state index contributed by atoms with van der Waals surface area (Å²) in [7, 11) is 0. The second-order valence-corrected chi connectivity index (χ2v) is 20.0. The molecule has 0 amide bonds. The van der Waals surface area contributed by atoms with E-state index in [1.807, 2.05) is 0 Å². The van der Waals surface area contributed by atoms with Gasteiger partial charge in [-0.15, -0.1) is 0 Å². The lowest BCUT2D eigenvalue weighted by Crippen LogP contribution is -2.28. The SMILES string of the molecule is c1ccc(-c2ccc(-c3nc(-c4ccc5c(c4)C(c4ccccc4)(c4ccccc4)c4cc(-c6nc(-c7ccc(-c8ccccc8)c8ccccc78)c7ccccc7n6)ccc4-5)c4ccccc4n3)c3ccccc23)cc1. The third kappa shape index (κ3) is 7.14. The zero-order valence-corrected chi connectivity index (χ0v) is 41.8. The maximum atomic E-state index is 5.59. The van der Waals surface area contributed by atoms with Crippen LogP contribution in [0.2, 0.25) is 0 Å². The zero-order valence-electron chi connectivity index (χ0n) is 41.8. The summed E-state index contributed by atoms with van der Waals surface area (Å²) in [5, 5.41) is 6.61. The molecule has 2 heterocycles. The standard InChI is InChI=1S/C73H46N4/c1-5-21-47(22-6-1)53-41-43-61(57-31-15-13-29-55(53)57)70-64-34-18-20-36-68(64)74-71(77-70)50-38-40-60-59-39-37-49(45-65(59)73(66(60)46-50,51-25-9-3-10-26-51)52-27-11-4-12-28-52)69-63-33-17-19-35-67(63)75-72(76-69)62-44-42-54(48-23-7-2-8-24-48)56-30-14-16-32-58(56)62/h1-46H.